The second kappa shape index (κ2) is 6.98. The fourth-order valence-corrected chi connectivity index (χ4v) is 1.80. The number of esters is 1. The molecule has 20 heavy (non-hydrogen) atoms. The second-order valence-electron chi connectivity index (χ2n) is 4.21. The highest BCUT2D eigenvalue weighted by molar-refractivity contribution is 5.98. The number of carbonyl (C=O) groups excluding carboxylic acids is 2. The number of rotatable bonds is 6. The number of carbonyl (C=O) groups is 2. The Morgan fingerprint density at radius 2 is 1.80 bits per heavy atom. The Morgan fingerprint density at radius 1 is 1.25 bits per heavy atom. The molecule has 0 saturated heterocycles. The topological polar surface area (TPSA) is 52.6 Å². The van der Waals surface area contributed by atoms with Crippen LogP contribution in [0, 0.1) is 17.6 Å². The highest BCUT2D eigenvalue weighted by atomic mass is 19.1. The maximum Gasteiger partial charge on any atom is 0.316 e. The van der Waals surface area contributed by atoms with Crippen molar-refractivity contribution in [1.82, 2.24) is 0 Å². The van der Waals surface area contributed by atoms with Gasteiger partial charge < -0.3 is 9.47 Å². The molecule has 0 aliphatic rings. The molecule has 0 aliphatic carbocycles. The van der Waals surface area contributed by atoms with Crippen LogP contribution < -0.4 is 4.74 Å². The molecule has 0 aromatic heterocycles. The third kappa shape index (κ3) is 3.76. The van der Waals surface area contributed by atoms with E-state index in [2.05, 4.69) is 4.74 Å². The lowest BCUT2D eigenvalue weighted by atomic mass is 9.95. The number of benzene rings is 1. The summed E-state index contributed by atoms with van der Waals surface area (Å²) in [6, 6.07) is 2.08. The molecule has 0 N–H and O–H groups in total. The highest BCUT2D eigenvalue weighted by Crippen LogP contribution is 2.24. The molecule has 6 heteroatoms. The lowest BCUT2D eigenvalue weighted by Crippen LogP contribution is -2.26. The van der Waals surface area contributed by atoms with Gasteiger partial charge in [-0.3, -0.25) is 9.59 Å². The van der Waals surface area contributed by atoms with E-state index in [-0.39, 0.29) is 18.6 Å². The van der Waals surface area contributed by atoms with E-state index >= 15 is 0 Å². The van der Waals surface area contributed by atoms with Gasteiger partial charge in [0.25, 0.3) is 0 Å². The van der Waals surface area contributed by atoms with Crippen LogP contribution >= 0.6 is 0 Å². The highest BCUT2D eigenvalue weighted by Gasteiger charge is 2.26. The van der Waals surface area contributed by atoms with Crippen molar-refractivity contribution < 1.29 is 27.8 Å². The first-order valence-electron chi connectivity index (χ1n) is 6.09. The summed E-state index contributed by atoms with van der Waals surface area (Å²) in [5, 5.41) is 0. The molecule has 0 fully saturated rings. The summed E-state index contributed by atoms with van der Waals surface area (Å²) in [4.78, 5) is 23.1. The van der Waals surface area contributed by atoms with Crippen LogP contribution in [0.2, 0.25) is 0 Å². The lowest BCUT2D eigenvalue weighted by molar-refractivity contribution is -0.151. The minimum atomic E-state index is -1.07. The van der Waals surface area contributed by atoms with Gasteiger partial charge in [0.2, 0.25) is 0 Å². The number of ether oxygens (including phenoxy) is 2. The molecule has 0 bridgehead atoms. The van der Waals surface area contributed by atoms with Gasteiger partial charge in [0.15, 0.2) is 17.4 Å². The number of methoxy groups -OCH3 is 1. The van der Waals surface area contributed by atoms with E-state index in [0.29, 0.717) is 0 Å². The smallest absolute Gasteiger partial charge is 0.316 e. The molecule has 0 radical (unpaired) electrons. The zero-order valence-corrected chi connectivity index (χ0v) is 11.5. The Morgan fingerprint density at radius 3 is 2.20 bits per heavy atom. The largest absolute Gasteiger partial charge is 0.491 e. The minimum Gasteiger partial charge on any atom is -0.491 e. The van der Waals surface area contributed by atoms with Crippen molar-refractivity contribution in [1.29, 1.82) is 0 Å². The first-order chi connectivity index (χ1) is 9.40. The van der Waals surface area contributed by atoms with Crippen molar-refractivity contribution in [2.45, 2.75) is 20.3 Å². The third-order valence-electron chi connectivity index (χ3n) is 2.76. The van der Waals surface area contributed by atoms with Gasteiger partial charge in [0, 0.05) is 0 Å². The zero-order chi connectivity index (χ0) is 15.3. The number of ketones is 1. The van der Waals surface area contributed by atoms with E-state index < -0.39 is 35.1 Å². The maximum atomic E-state index is 13.5. The van der Waals surface area contributed by atoms with Gasteiger partial charge in [-0.2, -0.15) is 0 Å². The summed E-state index contributed by atoms with van der Waals surface area (Å²) in [6.45, 7) is 2.98. The lowest BCUT2D eigenvalue weighted by Gasteiger charge is -2.13. The summed E-state index contributed by atoms with van der Waals surface area (Å²) >= 11 is 0. The van der Waals surface area contributed by atoms with Crippen LogP contribution in [0.25, 0.3) is 0 Å². The van der Waals surface area contributed by atoms with Gasteiger partial charge >= 0.3 is 5.97 Å². The van der Waals surface area contributed by atoms with Crippen LogP contribution in [-0.4, -0.2) is 25.5 Å². The molecule has 1 unspecified atom stereocenters. The number of hydrogen-bond acceptors (Lipinski definition) is 4. The Balaban J connectivity index is 3.00. The van der Waals surface area contributed by atoms with Crippen LogP contribution in [0.5, 0.6) is 5.75 Å². The Labute approximate surface area is 115 Å². The van der Waals surface area contributed by atoms with Gasteiger partial charge in [-0.05, 0) is 38.0 Å². The second-order valence-corrected chi connectivity index (χ2v) is 4.21. The van der Waals surface area contributed by atoms with E-state index in [0.717, 1.165) is 19.2 Å². The summed E-state index contributed by atoms with van der Waals surface area (Å²) in [5.74, 6) is -4.44. The molecule has 0 aliphatic heterocycles. The molecule has 1 atom stereocenters. The van der Waals surface area contributed by atoms with Crippen LogP contribution in [0.3, 0.4) is 0 Å². The maximum absolute atomic E-state index is 13.5. The molecule has 4 nitrogen and oxygen atoms in total. The number of halogens is 2. The van der Waals surface area contributed by atoms with Crippen molar-refractivity contribution in [2.24, 2.45) is 5.92 Å². The van der Waals surface area contributed by atoms with Crippen molar-refractivity contribution in [3.05, 3.63) is 29.3 Å². The van der Waals surface area contributed by atoms with Gasteiger partial charge in [0.1, 0.15) is 11.7 Å². The molecular formula is C14H16F2O4. The van der Waals surface area contributed by atoms with Crippen LogP contribution in [0.1, 0.15) is 19.4 Å². The van der Waals surface area contributed by atoms with Gasteiger partial charge in [-0.1, -0.05) is 0 Å². The predicted octanol–water partition coefficient (Wildman–Crippen LogP) is 2.28. The fraction of sp³-hybridized carbons (Fsp3) is 0.429. The molecule has 0 spiro atoms. The summed E-state index contributed by atoms with van der Waals surface area (Å²) in [6.07, 6.45) is -0.119. The molecule has 1 aromatic carbocycles. The van der Waals surface area contributed by atoms with E-state index in [1.165, 1.54) is 6.92 Å². The molecule has 110 valence electrons. The number of hydrogen-bond donors (Lipinski definition) is 0. The summed E-state index contributed by atoms with van der Waals surface area (Å²) in [7, 11) is 1.15. The first kappa shape index (κ1) is 16.1. The van der Waals surface area contributed by atoms with E-state index in [9.17, 15) is 18.4 Å². The van der Waals surface area contributed by atoms with Crippen LogP contribution in [0.15, 0.2) is 12.1 Å². The molecule has 0 amide bonds. The Hall–Kier alpha value is -1.98. The van der Waals surface area contributed by atoms with E-state index in [1.54, 1.807) is 6.92 Å². The van der Waals surface area contributed by atoms with E-state index in [1.807, 2.05) is 0 Å². The summed E-state index contributed by atoms with van der Waals surface area (Å²) in [5.41, 5.74) is 0.189. The van der Waals surface area contributed by atoms with E-state index in [4.69, 9.17) is 4.74 Å². The first-order valence-corrected chi connectivity index (χ1v) is 6.09. The van der Waals surface area contributed by atoms with Crippen molar-refractivity contribution >= 4 is 11.8 Å². The minimum absolute atomic E-state index is 0.119. The molecule has 0 heterocycles. The van der Waals surface area contributed by atoms with Crippen LogP contribution in [0.4, 0.5) is 8.78 Å². The molecule has 0 saturated carbocycles. The summed E-state index contributed by atoms with van der Waals surface area (Å²) < 4.78 is 36.4. The Bertz CT molecular complexity index is 491. The van der Waals surface area contributed by atoms with Crippen LogP contribution in [-0.2, 0) is 20.7 Å². The van der Waals surface area contributed by atoms with Gasteiger partial charge in [-0.25, -0.2) is 8.78 Å². The average molecular weight is 286 g/mol. The van der Waals surface area contributed by atoms with Crippen molar-refractivity contribution in [2.75, 3.05) is 13.7 Å². The molecule has 1 aromatic rings. The Kier molecular flexibility index (Phi) is 5.61. The quantitative estimate of drug-likeness (QED) is 0.594. The molecule has 1 rings (SSSR count). The van der Waals surface area contributed by atoms with Crippen molar-refractivity contribution in [3.63, 3.8) is 0 Å². The third-order valence-corrected chi connectivity index (χ3v) is 2.76. The number of Topliss-reactive ketones (excluding diaryl/α,β-unsaturated/α-hetero) is 1. The monoisotopic (exact) mass is 286 g/mol. The van der Waals surface area contributed by atoms with Gasteiger partial charge in [0.05, 0.1) is 13.7 Å². The zero-order valence-electron chi connectivity index (χ0n) is 11.5. The van der Waals surface area contributed by atoms with Gasteiger partial charge in [-0.15, -0.1) is 0 Å². The predicted molar refractivity (Wildman–Crippen MR) is 67.4 cm³/mol. The SMILES string of the molecule is CCOC(=O)C(Cc1cc(F)c(OC)c(F)c1)C(C)=O. The van der Waals surface area contributed by atoms with Crippen molar-refractivity contribution in [3.8, 4) is 5.75 Å². The molecular weight excluding hydrogens is 270 g/mol. The average Bonchev–Trinajstić information content (AvgIpc) is 2.35. The standard InChI is InChI=1S/C14H16F2O4/c1-4-20-14(18)10(8(2)17)5-9-6-11(15)13(19-3)12(16)7-9/h6-7,10H,4-5H2,1-3H3. The fourth-order valence-electron chi connectivity index (χ4n) is 1.80. The normalized spacial score (nSPS) is 11.8.